The van der Waals surface area contributed by atoms with Crippen LogP contribution in [0, 0.1) is 11.8 Å². The maximum atomic E-state index is 8.60. The third kappa shape index (κ3) is 4.43. The average molecular weight is 132 g/mol. The van der Waals surface area contributed by atoms with E-state index in [0.29, 0.717) is 11.8 Å². The topological polar surface area (TPSA) is 40.5 Å². The zero-order valence-corrected chi connectivity index (χ0v) is 6.17. The molecule has 0 saturated heterocycles. The first-order chi connectivity index (χ1) is 4.20. The Kier molecular flexibility index (Phi) is 4.72. The second kappa shape index (κ2) is 4.77. The normalized spacial score (nSPS) is 17.3. The fourth-order valence-corrected chi connectivity index (χ4v) is 0.836. The quantitative estimate of drug-likeness (QED) is 0.589. The van der Waals surface area contributed by atoms with Gasteiger partial charge in [0, 0.05) is 13.2 Å². The summed E-state index contributed by atoms with van der Waals surface area (Å²) in [5.41, 5.74) is 0. The fraction of sp³-hybridized carbons (Fsp3) is 1.00. The van der Waals surface area contributed by atoms with E-state index in [2.05, 4.69) is 0 Å². The molecule has 0 bridgehead atoms. The van der Waals surface area contributed by atoms with Crippen molar-refractivity contribution < 1.29 is 10.2 Å². The molecule has 0 aromatic rings. The van der Waals surface area contributed by atoms with E-state index < -0.39 is 0 Å². The number of rotatable bonds is 4. The molecule has 9 heavy (non-hydrogen) atoms. The molecule has 0 fully saturated rings. The lowest BCUT2D eigenvalue weighted by atomic mass is 9.99. The third-order valence-electron chi connectivity index (χ3n) is 1.43. The van der Waals surface area contributed by atoms with Gasteiger partial charge in [-0.2, -0.15) is 0 Å². The molecule has 0 radical (unpaired) electrons. The van der Waals surface area contributed by atoms with Crippen LogP contribution in [0.2, 0.25) is 0 Å². The molecule has 0 aliphatic rings. The molecule has 0 amide bonds. The Morgan fingerprint density at radius 3 is 1.56 bits per heavy atom. The van der Waals surface area contributed by atoms with Gasteiger partial charge in [-0.05, 0) is 18.3 Å². The molecule has 0 aromatic carbocycles. The molecule has 0 aliphatic heterocycles. The van der Waals surface area contributed by atoms with Crippen LogP contribution in [-0.2, 0) is 0 Å². The van der Waals surface area contributed by atoms with Crippen LogP contribution in [0.1, 0.15) is 20.3 Å². The van der Waals surface area contributed by atoms with Crippen molar-refractivity contribution in [1.29, 1.82) is 0 Å². The maximum absolute atomic E-state index is 8.60. The van der Waals surface area contributed by atoms with Crippen LogP contribution in [0.5, 0.6) is 0 Å². The van der Waals surface area contributed by atoms with Crippen molar-refractivity contribution in [3.8, 4) is 0 Å². The van der Waals surface area contributed by atoms with Crippen LogP contribution < -0.4 is 0 Å². The Hall–Kier alpha value is -0.0800. The molecule has 56 valence electrons. The summed E-state index contributed by atoms with van der Waals surface area (Å²) < 4.78 is 0. The largest absolute Gasteiger partial charge is 0.396 e. The Morgan fingerprint density at radius 2 is 1.33 bits per heavy atom. The highest BCUT2D eigenvalue weighted by atomic mass is 16.3. The average Bonchev–Trinajstić information content (AvgIpc) is 1.87. The highest BCUT2D eigenvalue weighted by Crippen LogP contribution is 2.09. The summed E-state index contributed by atoms with van der Waals surface area (Å²) >= 11 is 0. The molecular formula is C7H16O2. The summed E-state index contributed by atoms with van der Waals surface area (Å²) in [5.74, 6) is 0.652. The maximum Gasteiger partial charge on any atom is 0.0456 e. The predicted octanol–water partition coefficient (Wildman–Crippen LogP) is 0.633. The Balaban J connectivity index is 3.22. The van der Waals surface area contributed by atoms with Crippen molar-refractivity contribution in [2.24, 2.45) is 11.8 Å². The minimum atomic E-state index is 0.227. The molecule has 2 heteroatoms. The molecule has 0 rings (SSSR count). The van der Waals surface area contributed by atoms with Crippen LogP contribution >= 0.6 is 0 Å². The van der Waals surface area contributed by atoms with Crippen molar-refractivity contribution >= 4 is 0 Å². The zero-order valence-electron chi connectivity index (χ0n) is 6.17. The van der Waals surface area contributed by atoms with Gasteiger partial charge in [-0.3, -0.25) is 0 Å². The van der Waals surface area contributed by atoms with Crippen molar-refractivity contribution in [2.45, 2.75) is 20.3 Å². The molecule has 2 unspecified atom stereocenters. The van der Waals surface area contributed by atoms with E-state index in [9.17, 15) is 0 Å². The van der Waals surface area contributed by atoms with E-state index in [1.54, 1.807) is 0 Å². The lowest BCUT2D eigenvalue weighted by Gasteiger charge is -2.11. The third-order valence-corrected chi connectivity index (χ3v) is 1.43. The van der Waals surface area contributed by atoms with E-state index in [-0.39, 0.29) is 13.2 Å². The van der Waals surface area contributed by atoms with Gasteiger partial charge in [0.15, 0.2) is 0 Å². The van der Waals surface area contributed by atoms with Crippen LogP contribution in [-0.4, -0.2) is 23.4 Å². The number of hydrogen-bond acceptors (Lipinski definition) is 2. The fourth-order valence-electron chi connectivity index (χ4n) is 0.836. The number of aliphatic hydroxyl groups excluding tert-OH is 2. The number of aliphatic hydroxyl groups is 2. The first-order valence-electron chi connectivity index (χ1n) is 3.42. The molecular weight excluding hydrogens is 116 g/mol. The SMILES string of the molecule is CC(CO)CC(C)CO. The van der Waals surface area contributed by atoms with Crippen molar-refractivity contribution in [3.05, 3.63) is 0 Å². The first-order valence-corrected chi connectivity index (χ1v) is 3.42. The van der Waals surface area contributed by atoms with Gasteiger partial charge in [0.2, 0.25) is 0 Å². The molecule has 2 atom stereocenters. The van der Waals surface area contributed by atoms with Crippen LogP contribution in [0.15, 0.2) is 0 Å². The molecule has 0 aromatic heterocycles. The van der Waals surface area contributed by atoms with E-state index >= 15 is 0 Å². The monoisotopic (exact) mass is 132 g/mol. The lowest BCUT2D eigenvalue weighted by Crippen LogP contribution is -2.09. The van der Waals surface area contributed by atoms with Crippen molar-refractivity contribution in [1.82, 2.24) is 0 Å². The predicted molar refractivity (Wildman–Crippen MR) is 37.1 cm³/mol. The van der Waals surface area contributed by atoms with Gasteiger partial charge in [-0.25, -0.2) is 0 Å². The summed E-state index contributed by atoms with van der Waals surface area (Å²) in [6.45, 7) is 4.41. The smallest absolute Gasteiger partial charge is 0.0456 e. The summed E-state index contributed by atoms with van der Waals surface area (Å²) in [7, 11) is 0. The molecule has 0 saturated carbocycles. The summed E-state index contributed by atoms with van der Waals surface area (Å²) in [6.07, 6.45) is 0.910. The van der Waals surface area contributed by atoms with Crippen molar-refractivity contribution in [2.75, 3.05) is 13.2 Å². The highest BCUT2D eigenvalue weighted by molar-refractivity contribution is 4.56. The Labute approximate surface area is 56.5 Å². The lowest BCUT2D eigenvalue weighted by molar-refractivity contribution is 0.177. The van der Waals surface area contributed by atoms with Gasteiger partial charge in [-0.1, -0.05) is 13.8 Å². The van der Waals surface area contributed by atoms with Gasteiger partial charge in [0.05, 0.1) is 0 Å². The molecule has 2 N–H and O–H groups in total. The van der Waals surface area contributed by atoms with Crippen LogP contribution in [0.3, 0.4) is 0 Å². The van der Waals surface area contributed by atoms with Gasteiger partial charge < -0.3 is 10.2 Å². The van der Waals surface area contributed by atoms with Crippen LogP contribution in [0.25, 0.3) is 0 Å². The minimum absolute atomic E-state index is 0.227. The van der Waals surface area contributed by atoms with E-state index in [4.69, 9.17) is 10.2 Å². The first kappa shape index (κ1) is 8.92. The molecule has 0 heterocycles. The van der Waals surface area contributed by atoms with Gasteiger partial charge >= 0.3 is 0 Å². The van der Waals surface area contributed by atoms with Crippen molar-refractivity contribution in [3.63, 3.8) is 0 Å². The number of hydrogen-bond donors (Lipinski definition) is 2. The van der Waals surface area contributed by atoms with Gasteiger partial charge in [0.1, 0.15) is 0 Å². The molecule has 0 spiro atoms. The molecule has 2 nitrogen and oxygen atoms in total. The summed E-state index contributed by atoms with van der Waals surface area (Å²) in [4.78, 5) is 0. The van der Waals surface area contributed by atoms with E-state index in [0.717, 1.165) is 6.42 Å². The standard InChI is InChI=1S/C7H16O2/c1-6(4-8)3-7(2)5-9/h6-9H,3-5H2,1-2H3. The molecule has 0 aliphatic carbocycles. The van der Waals surface area contributed by atoms with E-state index in [1.165, 1.54) is 0 Å². The minimum Gasteiger partial charge on any atom is -0.396 e. The van der Waals surface area contributed by atoms with Gasteiger partial charge in [0.25, 0.3) is 0 Å². The zero-order chi connectivity index (χ0) is 7.28. The van der Waals surface area contributed by atoms with Crippen LogP contribution in [0.4, 0.5) is 0 Å². The van der Waals surface area contributed by atoms with Gasteiger partial charge in [-0.15, -0.1) is 0 Å². The summed E-state index contributed by atoms with van der Waals surface area (Å²) in [5, 5.41) is 17.2. The Bertz CT molecular complexity index is 55.9. The second-order valence-corrected chi connectivity index (χ2v) is 2.81. The summed E-state index contributed by atoms with van der Waals surface area (Å²) in [6, 6.07) is 0. The highest BCUT2D eigenvalue weighted by Gasteiger charge is 2.05. The van der Waals surface area contributed by atoms with E-state index in [1.807, 2.05) is 13.8 Å². The Morgan fingerprint density at radius 1 is 1.00 bits per heavy atom. The second-order valence-electron chi connectivity index (χ2n) is 2.81.